The fraction of sp³-hybridized carbons (Fsp3) is 0.720. The number of unbranched alkanes of at least 4 members (excludes halogenated alkanes) is 12. The molecule has 1 aromatic rings. The molecule has 0 aromatic heterocycles. The van der Waals surface area contributed by atoms with Crippen LogP contribution >= 0.6 is 0 Å². The van der Waals surface area contributed by atoms with Gasteiger partial charge in [0.15, 0.2) is 0 Å². The van der Waals surface area contributed by atoms with E-state index >= 15 is 0 Å². The Hall–Kier alpha value is 0.126. The minimum absolute atomic E-state index is 0. The first-order valence-corrected chi connectivity index (χ1v) is 11.5. The maximum atomic E-state index is 10.8. The van der Waals surface area contributed by atoms with Gasteiger partial charge in [-0.15, -0.1) is 0 Å². The number of carbonyl (C=O) groups excluding carboxylic acids is 1. The zero-order valence-corrected chi connectivity index (χ0v) is 22.3. The van der Waals surface area contributed by atoms with Crippen LogP contribution in [0.1, 0.15) is 114 Å². The molecule has 0 heterocycles. The maximum absolute atomic E-state index is 10.8. The van der Waals surface area contributed by atoms with E-state index in [9.17, 15) is 9.90 Å². The average molecular weight is 429 g/mol. The number of ether oxygens (including phenoxy) is 1. The van der Waals surface area contributed by atoms with Crippen LogP contribution in [0.15, 0.2) is 24.3 Å². The number of hydrogen-bond acceptors (Lipinski definition) is 3. The topological polar surface area (TPSA) is 49.4 Å². The van der Waals surface area contributed by atoms with Crippen molar-refractivity contribution in [3.63, 3.8) is 0 Å². The van der Waals surface area contributed by atoms with Gasteiger partial charge in [0.25, 0.3) is 0 Å². The van der Waals surface area contributed by atoms with Crippen molar-refractivity contribution in [2.75, 3.05) is 6.61 Å². The standard InChI is InChI=1S/C25H42O3.K/c1-22(2)17-14-12-10-8-6-4-3-5-7-9-11-13-15-20-28-24-19-16-18-23(21-24)25(26)27;/h16,18-19,21-22H,3-15,17,20H2,1-2H3,(H,26,27);/q;+1/p-1. The second-order valence-electron chi connectivity index (χ2n) is 8.44. The van der Waals surface area contributed by atoms with Crippen LogP contribution in [-0.4, -0.2) is 12.6 Å². The molecule has 0 spiro atoms. The van der Waals surface area contributed by atoms with Crippen LogP contribution in [0.25, 0.3) is 0 Å². The second kappa shape index (κ2) is 20.1. The molecule has 0 amide bonds. The molecule has 4 heteroatoms. The fourth-order valence-electron chi connectivity index (χ4n) is 3.50. The van der Waals surface area contributed by atoms with E-state index in [1.165, 1.54) is 95.6 Å². The molecule has 0 unspecified atom stereocenters. The minimum Gasteiger partial charge on any atom is -0.545 e. The summed E-state index contributed by atoms with van der Waals surface area (Å²) in [7, 11) is 0. The van der Waals surface area contributed by atoms with Gasteiger partial charge in [-0.3, -0.25) is 0 Å². The zero-order chi connectivity index (χ0) is 20.5. The first-order valence-electron chi connectivity index (χ1n) is 11.5. The predicted molar refractivity (Wildman–Crippen MR) is 116 cm³/mol. The molecular formula is C25H41KO3. The summed E-state index contributed by atoms with van der Waals surface area (Å²) in [6, 6.07) is 6.53. The normalized spacial score (nSPS) is 10.7. The Morgan fingerprint density at radius 3 is 1.79 bits per heavy atom. The first-order chi connectivity index (χ1) is 13.6. The summed E-state index contributed by atoms with van der Waals surface area (Å²) in [5, 5.41) is 10.8. The molecule has 0 atom stereocenters. The van der Waals surface area contributed by atoms with E-state index in [4.69, 9.17) is 4.74 Å². The summed E-state index contributed by atoms with van der Waals surface area (Å²) in [6.07, 6.45) is 18.8. The molecule has 1 rings (SSSR count). The van der Waals surface area contributed by atoms with Gasteiger partial charge in [0.1, 0.15) is 5.75 Å². The van der Waals surface area contributed by atoms with Crippen molar-refractivity contribution in [1.82, 2.24) is 0 Å². The van der Waals surface area contributed by atoms with Crippen molar-refractivity contribution in [2.45, 2.75) is 104 Å². The largest absolute Gasteiger partial charge is 1.00 e. The van der Waals surface area contributed by atoms with Gasteiger partial charge in [-0.05, 0) is 24.5 Å². The molecule has 0 aliphatic rings. The molecule has 0 saturated heterocycles. The van der Waals surface area contributed by atoms with E-state index in [0.29, 0.717) is 12.4 Å². The Kier molecular flexibility index (Phi) is 20.1. The number of benzene rings is 1. The van der Waals surface area contributed by atoms with E-state index in [1.807, 2.05) is 0 Å². The summed E-state index contributed by atoms with van der Waals surface area (Å²) in [6.45, 7) is 5.28. The van der Waals surface area contributed by atoms with Crippen molar-refractivity contribution in [3.8, 4) is 5.75 Å². The third-order valence-electron chi connectivity index (χ3n) is 5.26. The Bertz CT molecular complexity index is 517. The number of aromatic carboxylic acids is 1. The van der Waals surface area contributed by atoms with Gasteiger partial charge in [0.05, 0.1) is 12.6 Å². The van der Waals surface area contributed by atoms with Crippen molar-refractivity contribution >= 4 is 5.97 Å². The van der Waals surface area contributed by atoms with Crippen molar-refractivity contribution in [2.24, 2.45) is 5.92 Å². The fourth-order valence-corrected chi connectivity index (χ4v) is 3.50. The molecule has 0 fully saturated rings. The molecule has 3 nitrogen and oxygen atoms in total. The van der Waals surface area contributed by atoms with E-state index in [0.717, 1.165) is 12.3 Å². The van der Waals surface area contributed by atoms with E-state index in [2.05, 4.69) is 13.8 Å². The quantitative estimate of drug-likeness (QED) is 0.265. The molecule has 160 valence electrons. The van der Waals surface area contributed by atoms with Crippen LogP contribution < -0.4 is 61.2 Å². The summed E-state index contributed by atoms with van der Waals surface area (Å²) < 4.78 is 5.62. The number of carboxylic acid groups (broad SMARTS) is 1. The summed E-state index contributed by atoms with van der Waals surface area (Å²) in [5.74, 6) is 0.315. The van der Waals surface area contributed by atoms with Gasteiger partial charge in [0, 0.05) is 5.56 Å². The van der Waals surface area contributed by atoms with Gasteiger partial charge < -0.3 is 14.6 Å². The van der Waals surface area contributed by atoms with Gasteiger partial charge in [0.2, 0.25) is 0 Å². The monoisotopic (exact) mass is 428 g/mol. The van der Waals surface area contributed by atoms with Crippen LogP contribution in [0.3, 0.4) is 0 Å². The predicted octanol–water partition coefficient (Wildman–Crippen LogP) is 3.55. The Balaban J connectivity index is 0.00000784. The molecule has 0 aliphatic carbocycles. The zero-order valence-electron chi connectivity index (χ0n) is 19.2. The maximum Gasteiger partial charge on any atom is 1.00 e. The summed E-state index contributed by atoms with van der Waals surface area (Å²) in [5.41, 5.74) is 0.170. The van der Waals surface area contributed by atoms with Gasteiger partial charge in [-0.2, -0.15) is 0 Å². The van der Waals surface area contributed by atoms with E-state index < -0.39 is 5.97 Å². The van der Waals surface area contributed by atoms with Crippen LogP contribution in [0.4, 0.5) is 0 Å². The van der Waals surface area contributed by atoms with Gasteiger partial charge >= 0.3 is 51.4 Å². The second-order valence-corrected chi connectivity index (χ2v) is 8.44. The van der Waals surface area contributed by atoms with Gasteiger partial charge in [-0.25, -0.2) is 0 Å². The summed E-state index contributed by atoms with van der Waals surface area (Å²) >= 11 is 0. The Morgan fingerprint density at radius 1 is 0.828 bits per heavy atom. The Morgan fingerprint density at radius 2 is 1.31 bits per heavy atom. The van der Waals surface area contributed by atoms with E-state index in [1.54, 1.807) is 12.1 Å². The molecule has 1 aromatic carbocycles. The van der Waals surface area contributed by atoms with Gasteiger partial charge in [-0.1, -0.05) is 109 Å². The molecular weight excluding hydrogens is 387 g/mol. The van der Waals surface area contributed by atoms with Crippen LogP contribution in [0.2, 0.25) is 0 Å². The molecule has 0 bridgehead atoms. The Labute approximate surface area is 221 Å². The number of carbonyl (C=O) groups is 1. The SMILES string of the molecule is CC(C)CCCCCCCCCCCCCCCOc1cccc(C(=O)[O-])c1.[K+]. The summed E-state index contributed by atoms with van der Waals surface area (Å²) in [4.78, 5) is 10.8. The van der Waals surface area contributed by atoms with Crippen molar-refractivity contribution < 1.29 is 66.0 Å². The first kappa shape index (κ1) is 29.1. The molecule has 0 aliphatic heterocycles. The average Bonchev–Trinajstić information content (AvgIpc) is 2.67. The molecule has 0 saturated carbocycles. The molecule has 0 radical (unpaired) electrons. The van der Waals surface area contributed by atoms with Crippen LogP contribution in [0, 0.1) is 5.92 Å². The molecule has 29 heavy (non-hydrogen) atoms. The van der Waals surface area contributed by atoms with Crippen molar-refractivity contribution in [3.05, 3.63) is 29.8 Å². The smallest absolute Gasteiger partial charge is 0.545 e. The minimum atomic E-state index is -1.16. The third-order valence-corrected chi connectivity index (χ3v) is 5.26. The number of carboxylic acids is 1. The number of rotatable bonds is 18. The van der Waals surface area contributed by atoms with Crippen LogP contribution in [0.5, 0.6) is 5.75 Å². The van der Waals surface area contributed by atoms with Crippen molar-refractivity contribution in [1.29, 1.82) is 0 Å². The molecule has 0 N–H and O–H groups in total. The van der Waals surface area contributed by atoms with Crippen LogP contribution in [-0.2, 0) is 0 Å². The third kappa shape index (κ3) is 17.5. The van der Waals surface area contributed by atoms with E-state index in [-0.39, 0.29) is 56.9 Å². The number of hydrogen-bond donors (Lipinski definition) is 0.